The van der Waals surface area contributed by atoms with Crippen LogP contribution in [0, 0.1) is 11.8 Å². The van der Waals surface area contributed by atoms with Gasteiger partial charge < -0.3 is 10.1 Å². The molecule has 2 atom stereocenters. The summed E-state index contributed by atoms with van der Waals surface area (Å²) in [6.45, 7) is 6.72. The van der Waals surface area contributed by atoms with Crippen LogP contribution in [-0.2, 0) is 4.74 Å². The maximum atomic E-state index is 5.76. The maximum Gasteiger partial charge on any atom is 0.0601 e. The van der Waals surface area contributed by atoms with E-state index in [9.17, 15) is 0 Å². The molecular formula is C12H23NO. The summed E-state index contributed by atoms with van der Waals surface area (Å²) in [5, 5.41) is 3.63. The molecule has 14 heavy (non-hydrogen) atoms. The van der Waals surface area contributed by atoms with Crippen LogP contribution in [0.15, 0.2) is 0 Å². The van der Waals surface area contributed by atoms with E-state index >= 15 is 0 Å². The first-order valence-corrected chi connectivity index (χ1v) is 6.10. The van der Waals surface area contributed by atoms with Crippen molar-refractivity contribution in [3.05, 3.63) is 0 Å². The molecule has 2 unspecified atom stereocenters. The van der Waals surface area contributed by atoms with Crippen molar-refractivity contribution in [1.82, 2.24) is 5.32 Å². The van der Waals surface area contributed by atoms with Crippen LogP contribution in [0.3, 0.4) is 0 Å². The molecular weight excluding hydrogens is 174 g/mol. The normalized spacial score (nSPS) is 33.6. The number of rotatable bonds is 4. The molecule has 1 heterocycles. The quantitative estimate of drug-likeness (QED) is 0.746. The van der Waals surface area contributed by atoms with Gasteiger partial charge in [0.05, 0.1) is 6.10 Å². The molecule has 1 saturated carbocycles. The Labute approximate surface area is 87.4 Å². The van der Waals surface area contributed by atoms with Crippen LogP contribution >= 0.6 is 0 Å². The van der Waals surface area contributed by atoms with Crippen LogP contribution in [0.25, 0.3) is 0 Å². The van der Waals surface area contributed by atoms with Gasteiger partial charge in [-0.3, -0.25) is 0 Å². The molecule has 1 saturated heterocycles. The number of hydrogen-bond donors (Lipinski definition) is 1. The maximum absolute atomic E-state index is 5.76. The fraction of sp³-hybridized carbons (Fsp3) is 1.00. The van der Waals surface area contributed by atoms with Gasteiger partial charge in [0.1, 0.15) is 0 Å². The Morgan fingerprint density at radius 3 is 2.71 bits per heavy atom. The largest absolute Gasteiger partial charge is 0.378 e. The summed E-state index contributed by atoms with van der Waals surface area (Å²) in [6, 6.07) is 0.857. The van der Waals surface area contributed by atoms with Crippen LogP contribution in [0.2, 0.25) is 0 Å². The van der Waals surface area contributed by atoms with Gasteiger partial charge >= 0.3 is 0 Å². The van der Waals surface area contributed by atoms with E-state index < -0.39 is 0 Å². The lowest BCUT2D eigenvalue weighted by Gasteiger charge is -2.32. The molecule has 2 aliphatic rings. The molecule has 0 spiro atoms. The second-order valence-electron chi connectivity index (χ2n) is 5.23. The third-order valence-corrected chi connectivity index (χ3v) is 3.44. The number of nitrogens with one attached hydrogen (secondary N) is 1. The van der Waals surface area contributed by atoms with Crippen LogP contribution in [0.5, 0.6) is 0 Å². The van der Waals surface area contributed by atoms with Gasteiger partial charge in [-0.1, -0.05) is 13.8 Å². The highest BCUT2D eigenvalue weighted by Gasteiger charge is 2.27. The average Bonchev–Trinajstić information content (AvgIpc) is 2.99. The van der Waals surface area contributed by atoms with Gasteiger partial charge in [-0.15, -0.1) is 0 Å². The Morgan fingerprint density at radius 1 is 1.29 bits per heavy atom. The van der Waals surface area contributed by atoms with Gasteiger partial charge in [-0.2, -0.15) is 0 Å². The average molecular weight is 197 g/mol. The zero-order valence-electron chi connectivity index (χ0n) is 9.46. The summed E-state index contributed by atoms with van der Waals surface area (Å²) < 4.78 is 5.76. The smallest absolute Gasteiger partial charge is 0.0601 e. The van der Waals surface area contributed by atoms with Crippen LogP contribution in [-0.4, -0.2) is 25.3 Å². The summed E-state index contributed by atoms with van der Waals surface area (Å²) in [4.78, 5) is 0. The van der Waals surface area contributed by atoms with Gasteiger partial charge in [-0.25, -0.2) is 0 Å². The summed E-state index contributed by atoms with van der Waals surface area (Å²) >= 11 is 0. The third kappa shape index (κ3) is 2.96. The Kier molecular flexibility index (Phi) is 3.45. The first-order chi connectivity index (χ1) is 6.75. The number of ether oxygens (including phenoxy) is 1. The Hall–Kier alpha value is -0.0800. The lowest BCUT2D eigenvalue weighted by Crippen LogP contribution is -2.35. The van der Waals surface area contributed by atoms with Gasteiger partial charge in [0.15, 0.2) is 0 Å². The molecule has 0 bridgehead atoms. The predicted molar refractivity (Wildman–Crippen MR) is 58.3 cm³/mol. The zero-order chi connectivity index (χ0) is 9.97. The Bertz CT molecular complexity index is 177. The lowest BCUT2D eigenvalue weighted by atomic mass is 9.90. The van der Waals surface area contributed by atoms with E-state index in [1.807, 2.05) is 0 Å². The molecule has 0 aromatic carbocycles. The highest BCUT2D eigenvalue weighted by atomic mass is 16.5. The third-order valence-electron chi connectivity index (χ3n) is 3.44. The summed E-state index contributed by atoms with van der Waals surface area (Å²) in [5.74, 6) is 1.54. The highest BCUT2D eigenvalue weighted by molar-refractivity contribution is 4.83. The minimum atomic E-state index is 0.509. The van der Waals surface area contributed by atoms with Crippen LogP contribution < -0.4 is 5.32 Å². The van der Waals surface area contributed by atoms with E-state index in [0.717, 1.165) is 18.6 Å². The molecule has 0 aromatic rings. The van der Waals surface area contributed by atoms with E-state index in [-0.39, 0.29) is 0 Å². The zero-order valence-corrected chi connectivity index (χ0v) is 9.46. The first kappa shape index (κ1) is 10.4. The molecule has 2 nitrogen and oxygen atoms in total. The van der Waals surface area contributed by atoms with Crippen molar-refractivity contribution in [1.29, 1.82) is 0 Å². The summed E-state index contributed by atoms with van der Waals surface area (Å²) in [5.41, 5.74) is 0. The molecule has 2 rings (SSSR count). The van der Waals surface area contributed by atoms with Crippen molar-refractivity contribution in [2.24, 2.45) is 11.8 Å². The van der Waals surface area contributed by atoms with E-state index in [4.69, 9.17) is 4.74 Å². The molecule has 0 amide bonds. The summed E-state index contributed by atoms with van der Waals surface area (Å²) in [6.07, 6.45) is 5.82. The van der Waals surface area contributed by atoms with Crippen molar-refractivity contribution in [2.45, 2.75) is 51.7 Å². The van der Waals surface area contributed by atoms with Gasteiger partial charge in [-0.05, 0) is 44.1 Å². The topological polar surface area (TPSA) is 21.3 Å². The van der Waals surface area contributed by atoms with Crippen LogP contribution in [0.4, 0.5) is 0 Å². The molecule has 82 valence electrons. The second-order valence-corrected chi connectivity index (χ2v) is 5.23. The Morgan fingerprint density at radius 2 is 2.07 bits per heavy atom. The predicted octanol–water partition coefficient (Wildman–Crippen LogP) is 2.19. The minimum Gasteiger partial charge on any atom is -0.378 e. The Balaban J connectivity index is 1.69. The SMILES string of the molecule is CC(C)C1CC(CNC2CC2)CCO1. The van der Waals surface area contributed by atoms with Crippen molar-refractivity contribution in [3.8, 4) is 0 Å². The molecule has 1 aliphatic heterocycles. The van der Waals surface area contributed by atoms with Crippen molar-refractivity contribution < 1.29 is 4.74 Å². The number of hydrogen-bond acceptors (Lipinski definition) is 2. The fourth-order valence-electron chi connectivity index (χ4n) is 2.17. The van der Waals surface area contributed by atoms with Gasteiger partial charge in [0.25, 0.3) is 0 Å². The van der Waals surface area contributed by atoms with Crippen molar-refractivity contribution in [3.63, 3.8) is 0 Å². The van der Waals surface area contributed by atoms with Gasteiger partial charge in [0, 0.05) is 12.6 Å². The molecule has 0 radical (unpaired) electrons. The minimum absolute atomic E-state index is 0.509. The van der Waals surface area contributed by atoms with Crippen molar-refractivity contribution in [2.75, 3.05) is 13.2 Å². The van der Waals surface area contributed by atoms with E-state index in [1.54, 1.807) is 0 Å². The monoisotopic (exact) mass is 197 g/mol. The second kappa shape index (κ2) is 4.63. The highest BCUT2D eigenvalue weighted by Crippen LogP contribution is 2.26. The molecule has 1 aliphatic carbocycles. The van der Waals surface area contributed by atoms with E-state index in [0.29, 0.717) is 12.0 Å². The van der Waals surface area contributed by atoms with E-state index in [2.05, 4.69) is 19.2 Å². The molecule has 2 heteroatoms. The fourth-order valence-corrected chi connectivity index (χ4v) is 2.17. The van der Waals surface area contributed by atoms with Gasteiger partial charge in [0.2, 0.25) is 0 Å². The standard InChI is InChI=1S/C12H23NO/c1-9(2)12-7-10(5-6-14-12)8-13-11-3-4-11/h9-13H,3-8H2,1-2H3. The molecule has 0 aromatic heterocycles. The first-order valence-electron chi connectivity index (χ1n) is 6.10. The van der Waals surface area contributed by atoms with Crippen molar-refractivity contribution >= 4 is 0 Å². The lowest BCUT2D eigenvalue weighted by molar-refractivity contribution is -0.0336. The molecule has 2 fully saturated rings. The van der Waals surface area contributed by atoms with E-state index in [1.165, 1.54) is 32.2 Å². The summed E-state index contributed by atoms with van der Waals surface area (Å²) in [7, 11) is 0. The molecule has 1 N–H and O–H groups in total. The van der Waals surface area contributed by atoms with Crippen LogP contribution in [0.1, 0.15) is 39.5 Å².